The second kappa shape index (κ2) is 4.70. The largest absolute Gasteiger partial charge is 0.454 e. The van der Waals surface area contributed by atoms with Crippen molar-refractivity contribution in [2.45, 2.75) is 31.8 Å². The molecular weight excluding hydrogens is 224 g/mol. The second-order valence-corrected chi connectivity index (χ2v) is 4.86. The minimum absolute atomic E-state index is 0.363. The number of terminal acetylenes is 1. The van der Waals surface area contributed by atoms with Crippen molar-refractivity contribution in [3.8, 4) is 12.3 Å². The first kappa shape index (κ1) is 12.4. The average molecular weight is 240 g/mol. The van der Waals surface area contributed by atoms with E-state index in [0.29, 0.717) is 24.8 Å². The quantitative estimate of drug-likeness (QED) is 0.461. The Bertz CT molecular complexity index is 509. The van der Waals surface area contributed by atoms with Crippen LogP contribution in [0.3, 0.4) is 0 Å². The summed E-state index contributed by atoms with van der Waals surface area (Å²) in [6, 6.07) is 8.10. The van der Waals surface area contributed by atoms with Crippen molar-refractivity contribution in [1.82, 2.24) is 0 Å². The molecule has 0 saturated heterocycles. The van der Waals surface area contributed by atoms with Crippen molar-refractivity contribution in [3.63, 3.8) is 0 Å². The van der Waals surface area contributed by atoms with E-state index in [0.717, 1.165) is 0 Å². The van der Waals surface area contributed by atoms with Gasteiger partial charge in [-0.15, -0.1) is 12.3 Å². The maximum Gasteiger partial charge on any atom is 0.333 e. The molecule has 0 saturated carbocycles. The summed E-state index contributed by atoms with van der Waals surface area (Å²) in [5.41, 5.74) is 2.24. The topological polar surface area (TPSA) is 26.3 Å². The first-order valence-corrected chi connectivity index (χ1v) is 5.95. The second-order valence-electron chi connectivity index (χ2n) is 4.86. The van der Waals surface area contributed by atoms with Crippen LogP contribution in [0.5, 0.6) is 0 Å². The zero-order chi connectivity index (χ0) is 13.2. The lowest BCUT2D eigenvalue weighted by Gasteiger charge is -2.27. The maximum atomic E-state index is 11.7. The van der Waals surface area contributed by atoms with E-state index in [4.69, 9.17) is 11.2 Å². The normalized spacial score (nSPS) is 15.6. The number of esters is 1. The molecular formula is C16H16O2. The van der Waals surface area contributed by atoms with Crippen LogP contribution in [-0.4, -0.2) is 11.6 Å². The Balaban J connectivity index is 2.25. The standard InChI is InChI=1S/C16H16O2/c1-4-9-16(18-15(17)12(2)3)10-13-7-5-6-8-14(13)11-16/h1,5-8H,2,9-11H2,3H3. The number of carbonyl (C=O) groups excluding carboxylic acids is 1. The number of benzene rings is 1. The minimum atomic E-state index is -0.589. The van der Waals surface area contributed by atoms with E-state index in [1.807, 2.05) is 12.1 Å². The van der Waals surface area contributed by atoms with Crippen LogP contribution in [0, 0.1) is 12.3 Å². The van der Waals surface area contributed by atoms with Crippen LogP contribution < -0.4 is 0 Å². The monoisotopic (exact) mass is 240 g/mol. The van der Waals surface area contributed by atoms with Crippen molar-refractivity contribution < 1.29 is 9.53 Å². The molecule has 0 spiro atoms. The summed E-state index contributed by atoms with van der Waals surface area (Å²) in [6.45, 7) is 5.26. The van der Waals surface area contributed by atoms with Gasteiger partial charge in [0.05, 0.1) is 0 Å². The maximum absolute atomic E-state index is 11.7. The summed E-state index contributed by atoms with van der Waals surface area (Å²) in [7, 11) is 0. The first-order valence-electron chi connectivity index (χ1n) is 5.95. The van der Waals surface area contributed by atoms with E-state index in [-0.39, 0.29) is 5.97 Å². The number of carbonyl (C=O) groups is 1. The summed E-state index contributed by atoms with van der Waals surface area (Å²) >= 11 is 0. The molecule has 1 aromatic carbocycles. The molecule has 18 heavy (non-hydrogen) atoms. The molecule has 1 aliphatic carbocycles. The highest BCUT2D eigenvalue weighted by Gasteiger charge is 2.40. The summed E-state index contributed by atoms with van der Waals surface area (Å²) in [4.78, 5) is 11.7. The molecule has 1 aliphatic rings. The molecule has 0 aliphatic heterocycles. The van der Waals surface area contributed by atoms with Gasteiger partial charge in [-0.3, -0.25) is 0 Å². The third-order valence-corrected chi connectivity index (χ3v) is 3.23. The third kappa shape index (κ3) is 2.31. The van der Waals surface area contributed by atoms with Gasteiger partial charge in [-0.1, -0.05) is 30.8 Å². The van der Waals surface area contributed by atoms with Crippen LogP contribution in [0.15, 0.2) is 36.4 Å². The van der Waals surface area contributed by atoms with Crippen LogP contribution in [-0.2, 0) is 22.4 Å². The van der Waals surface area contributed by atoms with Gasteiger partial charge < -0.3 is 4.74 Å². The smallest absolute Gasteiger partial charge is 0.333 e. The summed E-state index contributed by atoms with van der Waals surface area (Å²) in [5, 5.41) is 0. The van der Waals surface area contributed by atoms with E-state index < -0.39 is 5.60 Å². The summed E-state index contributed by atoms with van der Waals surface area (Å²) < 4.78 is 5.60. The van der Waals surface area contributed by atoms with Crippen LogP contribution >= 0.6 is 0 Å². The Labute approximate surface area is 108 Å². The lowest BCUT2D eigenvalue weighted by atomic mass is 9.96. The highest BCUT2D eigenvalue weighted by molar-refractivity contribution is 5.87. The number of fused-ring (bicyclic) bond motifs is 1. The number of hydrogen-bond acceptors (Lipinski definition) is 2. The lowest BCUT2D eigenvalue weighted by Crippen LogP contribution is -2.36. The SMILES string of the molecule is C#CCC1(OC(=O)C(=C)C)Cc2ccccc2C1. The van der Waals surface area contributed by atoms with Crippen molar-refractivity contribution in [1.29, 1.82) is 0 Å². The van der Waals surface area contributed by atoms with E-state index >= 15 is 0 Å². The fourth-order valence-corrected chi connectivity index (χ4v) is 2.36. The zero-order valence-corrected chi connectivity index (χ0v) is 10.5. The molecule has 1 aromatic rings. The van der Waals surface area contributed by atoms with Gasteiger partial charge in [0.1, 0.15) is 5.60 Å². The molecule has 0 atom stereocenters. The Morgan fingerprint density at radius 3 is 2.44 bits per heavy atom. The molecule has 0 radical (unpaired) electrons. The van der Waals surface area contributed by atoms with Crippen LogP contribution in [0.4, 0.5) is 0 Å². The van der Waals surface area contributed by atoms with Gasteiger partial charge in [0.25, 0.3) is 0 Å². The van der Waals surface area contributed by atoms with Crippen LogP contribution in [0.1, 0.15) is 24.5 Å². The Hall–Kier alpha value is -2.01. The average Bonchev–Trinajstić information content (AvgIpc) is 2.66. The van der Waals surface area contributed by atoms with Crippen LogP contribution in [0.25, 0.3) is 0 Å². The molecule has 0 N–H and O–H groups in total. The van der Waals surface area contributed by atoms with Gasteiger partial charge in [0.15, 0.2) is 0 Å². The summed E-state index contributed by atoms with van der Waals surface area (Å²) in [5.74, 6) is 2.26. The van der Waals surface area contributed by atoms with Gasteiger partial charge in [-0.05, 0) is 18.1 Å². The van der Waals surface area contributed by atoms with E-state index in [2.05, 4.69) is 24.6 Å². The first-order chi connectivity index (χ1) is 8.56. The van der Waals surface area contributed by atoms with Crippen molar-refractivity contribution in [3.05, 3.63) is 47.5 Å². The summed E-state index contributed by atoms with van der Waals surface area (Å²) in [6.07, 6.45) is 7.22. The number of ether oxygens (including phenoxy) is 1. The third-order valence-electron chi connectivity index (χ3n) is 3.23. The Kier molecular flexibility index (Phi) is 3.25. The fraction of sp³-hybridized carbons (Fsp3) is 0.312. The zero-order valence-electron chi connectivity index (χ0n) is 10.5. The highest BCUT2D eigenvalue weighted by atomic mass is 16.6. The van der Waals surface area contributed by atoms with Gasteiger partial charge in [0, 0.05) is 24.8 Å². The molecule has 0 aromatic heterocycles. The van der Waals surface area contributed by atoms with Gasteiger partial charge in [-0.25, -0.2) is 4.79 Å². The predicted molar refractivity (Wildman–Crippen MR) is 70.9 cm³/mol. The van der Waals surface area contributed by atoms with Crippen molar-refractivity contribution in [2.24, 2.45) is 0 Å². The number of hydrogen-bond donors (Lipinski definition) is 0. The lowest BCUT2D eigenvalue weighted by molar-refractivity contribution is -0.153. The molecule has 0 unspecified atom stereocenters. The molecule has 0 fully saturated rings. The molecule has 2 rings (SSSR count). The minimum Gasteiger partial charge on any atom is -0.454 e. The van der Waals surface area contributed by atoms with Gasteiger partial charge >= 0.3 is 5.97 Å². The van der Waals surface area contributed by atoms with E-state index in [1.165, 1.54) is 11.1 Å². The van der Waals surface area contributed by atoms with Gasteiger partial charge in [-0.2, -0.15) is 0 Å². The number of rotatable bonds is 3. The Morgan fingerprint density at radius 1 is 1.44 bits per heavy atom. The van der Waals surface area contributed by atoms with Gasteiger partial charge in [0.2, 0.25) is 0 Å². The van der Waals surface area contributed by atoms with E-state index in [9.17, 15) is 4.79 Å². The van der Waals surface area contributed by atoms with E-state index in [1.54, 1.807) is 6.92 Å². The fourth-order valence-electron chi connectivity index (χ4n) is 2.36. The Morgan fingerprint density at radius 2 is 2.00 bits per heavy atom. The van der Waals surface area contributed by atoms with Crippen molar-refractivity contribution in [2.75, 3.05) is 0 Å². The highest BCUT2D eigenvalue weighted by Crippen LogP contribution is 2.35. The van der Waals surface area contributed by atoms with Crippen LogP contribution in [0.2, 0.25) is 0 Å². The molecule has 0 amide bonds. The molecule has 0 heterocycles. The van der Waals surface area contributed by atoms with Crippen molar-refractivity contribution >= 4 is 5.97 Å². The molecule has 2 heteroatoms. The molecule has 92 valence electrons. The predicted octanol–water partition coefficient (Wildman–Crippen LogP) is 2.67. The molecule has 2 nitrogen and oxygen atoms in total. The molecule has 0 bridgehead atoms.